The molecule has 1 aromatic rings. The fraction of sp³-hybridized carbons (Fsp3) is 0. The van der Waals surface area contributed by atoms with Gasteiger partial charge in [-0.2, -0.15) is 0 Å². The van der Waals surface area contributed by atoms with Gasteiger partial charge in [0.05, 0.1) is 0 Å². The third kappa shape index (κ3) is 10.7. The third-order valence-electron chi connectivity index (χ3n) is 1.04. The zero-order valence-corrected chi connectivity index (χ0v) is 13.8. The van der Waals surface area contributed by atoms with Crippen LogP contribution in [0.3, 0.4) is 0 Å². The quantitative estimate of drug-likeness (QED) is 0.542. The van der Waals surface area contributed by atoms with Gasteiger partial charge in [0.15, 0.2) is 0 Å². The summed E-state index contributed by atoms with van der Waals surface area (Å²) in [6, 6.07) is 8.52. The molecule has 0 saturated carbocycles. The van der Waals surface area contributed by atoms with Gasteiger partial charge in [-0.05, 0) is 12.1 Å². The number of carbonyl (C=O) groups excluding carboxylic acids is 1. The molecule has 2 amide bonds. The van der Waals surface area contributed by atoms with E-state index < -0.39 is 19.2 Å². The fourth-order valence-electron chi connectivity index (χ4n) is 0.664. The summed E-state index contributed by atoms with van der Waals surface area (Å²) >= 11 is 8.96. The van der Waals surface area contributed by atoms with Gasteiger partial charge in [-0.3, -0.25) is 0 Å². The number of anilines is 1. The predicted molar refractivity (Wildman–Crippen MR) is 80.4 cm³/mol. The van der Waals surface area contributed by atoms with E-state index in [2.05, 4.69) is 43.4 Å². The Balaban J connectivity index is 0.000000364. The average molecular weight is 503 g/mol. The molecule has 0 saturated heterocycles. The van der Waals surface area contributed by atoms with Crippen molar-refractivity contribution in [1.82, 2.24) is 0 Å². The molecule has 0 radical (unpaired) electrons. The average Bonchev–Trinajstić information content (AvgIpc) is 2.03. The van der Waals surface area contributed by atoms with Crippen LogP contribution in [0.2, 0.25) is 0 Å². The zero-order chi connectivity index (χ0) is 11.0. The second-order valence-corrected chi connectivity index (χ2v) is 31.2. The molecular weight excluding hydrogens is 495 g/mol. The second-order valence-electron chi connectivity index (χ2n) is 2.02. The standard InChI is InChI=1S/C7H8N2O.Br3I/c8-7(10)9-6-4-2-1-3-5-6;1-4(2)3/h1-5H,(H3,8,9,10);. The molecule has 0 aliphatic heterocycles. The first-order valence-corrected chi connectivity index (χ1v) is 17.8. The summed E-state index contributed by atoms with van der Waals surface area (Å²) < 4.78 is 0. The van der Waals surface area contributed by atoms with Crippen molar-refractivity contribution < 1.29 is 4.79 Å². The van der Waals surface area contributed by atoms with Gasteiger partial charge in [-0.25, -0.2) is 4.79 Å². The molecule has 0 fully saturated rings. The maximum atomic E-state index is 10.3. The van der Waals surface area contributed by atoms with Crippen molar-refractivity contribution in [3.63, 3.8) is 0 Å². The van der Waals surface area contributed by atoms with Gasteiger partial charge in [0.1, 0.15) is 0 Å². The molecule has 0 atom stereocenters. The SMILES string of the molecule is BrI(Br)Br.NC(=O)Nc1ccccc1. The summed E-state index contributed by atoms with van der Waals surface area (Å²) in [6.45, 7) is 0. The monoisotopic (exact) mass is 500 g/mol. The number of hydrogen-bond acceptors (Lipinski definition) is 1. The minimum atomic E-state index is -0.826. The molecule has 80 valence electrons. The maximum absolute atomic E-state index is 10.3. The molecule has 3 nitrogen and oxygen atoms in total. The largest absolute Gasteiger partial charge is 0.351 e. The Bertz CT molecular complexity index is 268. The van der Waals surface area contributed by atoms with Crippen LogP contribution < -0.4 is 11.1 Å². The summed E-state index contributed by atoms with van der Waals surface area (Å²) in [7, 11) is 0. The second kappa shape index (κ2) is 8.93. The molecule has 0 unspecified atom stereocenters. The molecule has 3 N–H and O–H groups in total. The van der Waals surface area contributed by atoms with E-state index >= 15 is 0 Å². The predicted octanol–water partition coefficient (Wildman–Crippen LogP) is 4.60. The van der Waals surface area contributed by atoms with Crippen LogP contribution in [0.5, 0.6) is 0 Å². The Morgan fingerprint density at radius 3 is 2.00 bits per heavy atom. The first kappa shape index (κ1) is 14.7. The summed E-state index contributed by atoms with van der Waals surface area (Å²) in [6.07, 6.45) is 0. The van der Waals surface area contributed by atoms with Crippen LogP contribution >= 0.6 is 51.2 Å². The summed E-state index contributed by atoms with van der Waals surface area (Å²) in [5.74, 6) is 0. The van der Waals surface area contributed by atoms with E-state index in [1.165, 1.54) is 0 Å². The van der Waals surface area contributed by atoms with Crippen molar-refractivity contribution in [2.24, 2.45) is 5.73 Å². The number of benzene rings is 1. The van der Waals surface area contributed by atoms with Crippen molar-refractivity contribution in [1.29, 1.82) is 0 Å². The van der Waals surface area contributed by atoms with Crippen LogP contribution in [0.4, 0.5) is 10.5 Å². The van der Waals surface area contributed by atoms with Crippen LogP contribution in [-0.4, -0.2) is 6.03 Å². The van der Waals surface area contributed by atoms with Crippen molar-refractivity contribution in [2.75, 3.05) is 5.32 Å². The number of primary amides is 1. The molecule has 1 rings (SSSR count). The minimum Gasteiger partial charge on any atom is -0.351 e. The topological polar surface area (TPSA) is 55.1 Å². The van der Waals surface area contributed by atoms with Crippen molar-refractivity contribution in [3.05, 3.63) is 30.3 Å². The van der Waals surface area contributed by atoms with Crippen LogP contribution in [-0.2, 0) is 0 Å². The fourth-order valence-corrected chi connectivity index (χ4v) is 0.664. The van der Waals surface area contributed by atoms with Gasteiger partial charge in [0.25, 0.3) is 0 Å². The van der Waals surface area contributed by atoms with E-state index in [1.807, 2.05) is 18.2 Å². The number of halogens is 4. The number of urea groups is 1. The Morgan fingerprint density at radius 2 is 1.64 bits per heavy atom. The Kier molecular flexibility index (Phi) is 9.35. The van der Waals surface area contributed by atoms with Gasteiger partial charge in [-0.1, -0.05) is 18.2 Å². The van der Waals surface area contributed by atoms with E-state index in [1.54, 1.807) is 12.1 Å². The van der Waals surface area contributed by atoms with E-state index in [9.17, 15) is 4.79 Å². The molecule has 14 heavy (non-hydrogen) atoms. The van der Waals surface area contributed by atoms with E-state index in [4.69, 9.17) is 5.73 Å². The number of nitrogens with one attached hydrogen (secondary N) is 1. The number of hydrogen-bond donors (Lipinski definition) is 2. The Hall–Kier alpha value is 0.660. The smallest absolute Gasteiger partial charge is 0.316 e. The summed E-state index contributed by atoms with van der Waals surface area (Å²) in [5, 5.41) is 2.44. The summed E-state index contributed by atoms with van der Waals surface area (Å²) in [5.41, 5.74) is 5.59. The van der Waals surface area contributed by atoms with Crippen LogP contribution in [0.1, 0.15) is 0 Å². The molecule has 7 heteroatoms. The van der Waals surface area contributed by atoms with Gasteiger partial charge in [-0.15, -0.1) is 0 Å². The van der Waals surface area contributed by atoms with Gasteiger partial charge < -0.3 is 11.1 Å². The van der Waals surface area contributed by atoms with E-state index in [-0.39, 0.29) is 0 Å². The molecular formula is C7H8Br3IN2O. The van der Waals surface area contributed by atoms with Crippen molar-refractivity contribution in [2.45, 2.75) is 0 Å². The van der Waals surface area contributed by atoms with Crippen molar-refractivity contribution >= 4 is 62.9 Å². The molecule has 0 spiro atoms. The number of rotatable bonds is 1. The molecule has 0 aromatic heterocycles. The molecule has 0 heterocycles. The van der Waals surface area contributed by atoms with Gasteiger partial charge in [0.2, 0.25) is 0 Å². The maximum Gasteiger partial charge on any atom is 0.316 e. The first-order chi connectivity index (χ1) is 6.52. The summed E-state index contributed by atoms with van der Waals surface area (Å²) in [4.78, 5) is 10.3. The Morgan fingerprint density at radius 1 is 1.21 bits per heavy atom. The molecule has 0 aliphatic rings. The number of amides is 2. The first-order valence-electron chi connectivity index (χ1n) is 3.33. The molecule has 0 aliphatic carbocycles. The normalized spacial score (nSPS) is 9.50. The van der Waals surface area contributed by atoms with Crippen molar-refractivity contribution in [3.8, 4) is 0 Å². The minimum absolute atomic E-state index is 0.536. The van der Waals surface area contributed by atoms with Crippen LogP contribution in [0.25, 0.3) is 0 Å². The third-order valence-corrected chi connectivity index (χ3v) is 1.04. The number of para-hydroxylation sites is 1. The van der Waals surface area contributed by atoms with Gasteiger partial charge >= 0.3 is 57.2 Å². The Labute approximate surface area is 108 Å². The molecule has 0 bridgehead atoms. The zero-order valence-electron chi connectivity index (χ0n) is 6.88. The van der Waals surface area contributed by atoms with Crippen LogP contribution in [0, 0.1) is 0 Å². The van der Waals surface area contributed by atoms with Gasteiger partial charge in [0, 0.05) is 5.69 Å². The van der Waals surface area contributed by atoms with Crippen LogP contribution in [0.15, 0.2) is 30.3 Å². The van der Waals surface area contributed by atoms with E-state index in [0.717, 1.165) is 5.69 Å². The molecule has 1 aromatic carbocycles. The number of carbonyl (C=O) groups is 1. The number of nitrogens with two attached hydrogens (primary N) is 1. The van der Waals surface area contributed by atoms with E-state index in [0.29, 0.717) is 0 Å².